The molecule has 3 N–H and O–H groups in total. The van der Waals surface area contributed by atoms with Crippen molar-refractivity contribution in [1.29, 1.82) is 0 Å². The lowest BCUT2D eigenvalue weighted by Crippen LogP contribution is -2.24. The first-order valence-electron chi connectivity index (χ1n) is 7.58. The minimum Gasteiger partial charge on any atom is -0.489 e. The van der Waals surface area contributed by atoms with Crippen molar-refractivity contribution < 1.29 is 24.0 Å². The first-order chi connectivity index (χ1) is 12.9. The molecule has 0 bridgehead atoms. The summed E-state index contributed by atoms with van der Waals surface area (Å²) in [6.07, 6.45) is 1.38. The van der Waals surface area contributed by atoms with Crippen molar-refractivity contribution in [2.75, 3.05) is 7.11 Å². The van der Waals surface area contributed by atoms with Crippen molar-refractivity contribution in [2.24, 2.45) is 10.8 Å². The Bertz CT molecular complexity index is 879. The van der Waals surface area contributed by atoms with E-state index in [9.17, 15) is 19.7 Å². The van der Waals surface area contributed by atoms with Crippen LogP contribution in [-0.2, 0) is 11.3 Å². The molecule has 0 radical (unpaired) electrons. The van der Waals surface area contributed by atoms with Gasteiger partial charge in [-0.25, -0.2) is 15.0 Å². The van der Waals surface area contributed by atoms with Crippen molar-refractivity contribution in [3.05, 3.63) is 69.3 Å². The summed E-state index contributed by atoms with van der Waals surface area (Å²) in [7, 11) is 1.19. The maximum absolute atomic E-state index is 11.9. The highest BCUT2D eigenvalue weighted by molar-refractivity contribution is 5.92. The quantitative estimate of drug-likeness (QED) is 0.329. The highest BCUT2D eigenvalue weighted by Gasteiger charge is 2.22. The maximum atomic E-state index is 11.9. The van der Waals surface area contributed by atoms with Crippen molar-refractivity contribution in [3.8, 4) is 5.75 Å². The third kappa shape index (κ3) is 5.26. The van der Waals surface area contributed by atoms with E-state index >= 15 is 0 Å². The Morgan fingerprint density at radius 2 is 1.96 bits per heavy atom. The summed E-state index contributed by atoms with van der Waals surface area (Å²) in [4.78, 5) is 33.0. The summed E-state index contributed by atoms with van der Waals surface area (Å²) in [6, 6.07) is 9.87. The number of urea groups is 1. The number of esters is 1. The Morgan fingerprint density at radius 3 is 2.56 bits per heavy atom. The lowest BCUT2D eigenvalue weighted by atomic mass is 10.1. The van der Waals surface area contributed by atoms with Crippen LogP contribution < -0.4 is 15.9 Å². The van der Waals surface area contributed by atoms with Crippen LogP contribution in [0.5, 0.6) is 5.75 Å². The number of rotatable bonds is 7. The number of hydrazone groups is 1. The molecule has 27 heavy (non-hydrogen) atoms. The van der Waals surface area contributed by atoms with Gasteiger partial charge in [-0.15, -0.1) is 0 Å². The van der Waals surface area contributed by atoms with Gasteiger partial charge in [0.15, 0.2) is 0 Å². The van der Waals surface area contributed by atoms with Gasteiger partial charge < -0.3 is 15.2 Å². The van der Waals surface area contributed by atoms with Gasteiger partial charge in [0.1, 0.15) is 12.4 Å². The summed E-state index contributed by atoms with van der Waals surface area (Å²) >= 11 is 0. The zero-order chi connectivity index (χ0) is 19.8. The number of carbonyl (C=O) groups is 2. The molecule has 0 aliphatic heterocycles. The van der Waals surface area contributed by atoms with E-state index in [4.69, 9.17) is 10.5 Å². The van der Waals surface area contributed by atoms with Crippen LogP contribution in [0, 0.1) is 10.1 Å². The van der Waals surface area contributed by atoms with Crippen LogP contribution in [0.25, 0.3) is 0 Å². The molecule has 0 atom stereocenters. The van der Waals surface area contributed by atoms with Crippen molar-refractivity contribution in [1.82, 2.24) is 5.43 Å². The average Bonchev–Trinajstić information content (AvgIpc) is 2.66. The number of amides is 2. The Kier molecular flexibility index (Phi) is 6.42. The molecule has 10 nitrogen and oxygen atoms in total. The van der Waals surface area contributed by atoms with Gasteiger partial charge in [-0.3, -0.25) is 10.1 Å². The molecule has 2 amide bonds. The van der Waals surface area contributed by atoms with E-state index < -0.39 is 16.9 Å². The molecule has 0 saturated heterocycles. The zero-order valence-corrected chi connectivity index (χ0v) is 14.2. The monoisotopic (exact) mass is 372 g/mol. The zero-order valence-electron chi connectivity index (χ0n) is 14.2. The first kappa shape index (κ1) is 19.4. The molecule has 0 unspecified atom stereocenters. The van der Waals surface area contributed by atoms with Gasteiger partial charge in [0.05, 0.1) is 29.4 Å². The Labute approximate surface area is 153 Å². The fourth-order valence-electron chi connectivity index (χ4n) is 2.17. The standard InChI is InChI=1S/C17H16N4O6/c1-26-16(22)13-3-2-4-15(21(24)25)14(13)10-27-12-7-5-11(6-8-12)9-19-20-17(18)23/h2-9H,10H2,1H3,(H3,18,20,23). The van der Waals surface area contributed by atoms with Gasteiger partial charge >= 0.3 is 12.0 Å². The second-order valence-electron chi connectivity index (χ2n) is 5.14. The molecule has 0 aliphatic carbocycles. The number of methoxy groups -OCH3 is 1. The molecule has 140 valence electrons. The summed E-state index contributed by atoms with van der Waals surface area (Å²) in [5, 5.41) is 14.9. The summed E-state index contributed by atoms with van der Waals surface area (Å²) in [6.45, 7) is -0.196. The molecule has 2 aromatic carbocycles. The summed E-state index contributed by atoms with van der Waals surface area (Å²) in [5.41, 5.74) is 7.56. The maximum Gasteiger partial charge on any atom is 0.338 e. The molecular weight excluding hydrogens is 356 g/mol. The molecule has 10 heteroatoms. The van der Waals surface area contributed by atoms with E-state index in [1.807, 2.05) is 0 Å². The molecule has 0 fully saturated rings. The first-order valence-corrected chi connectivity index (χ1v) is 7.58. The number of primary amides is 1. The van der Waals surface area contributed by atoms with Crippen LogP contribution in [0.3, 0.4) is 0 Å². The van der Waals surface area contributed by atoms with E-state index in [2.05, 4.69) is 15.3 Å². The highest BCUT2D eigenvalue weighted by Crippen LogP contribution is 2.25. The number of ether oxygens (including phenoxy) is 2. The highest BCUT2D eigenvalue weighted by atomic mass is 16.6. The summed E-state index contributed by atoms with van der Waals surface area (Å²) < 4.78 is 10.2. The van der Waals surface area contributed by atoms with Crippen LogP contribution in [-0.4, -0.2) is 30.2 Å². The Hall–Kier alpha value is -3.95. The minimum atomic E-state index is -0.780. The molecule has 2 aromatic rings. The van der Waals surface area contributed by atoms with Crippen molar-refractivity contribution >= 4 is 23.9 Å². The normalized spacial score (nSPS) is 10.4. The SMILES string of the molecule is COC(=O)c1cccc([N+](=O)[O-])c1COc1ccc(C=NNC(N)=O)cc1. The number of nitrogens with zero attached hydrogens (tertiary/aromatic N) is 2. The lowest BCUT2D eigenvalue weighted by molar-refractivity contribution is -0.385. The molecule has 2 rings (SSSR count). The van der Waals surface area contributed by atoms with Gasteiger partial charge in [0.25, 0.3) is 5.69 Å². The van der Waals surface area contributed by atoms with Crippen LogP contribution in [0.1, 0.15) is 21.5 Å². The van der Waals surface area contributed by atoms with Crippen molar-refractivity contribution in [2.45, 2.75) is 6.61 Å². The minimum absolute atomic E-state index is 0.0629. The number of nitro benzene ring substituents is 1. The number of benzene rings is 2. The third-order valence-corrected chi connectivity index (χ3v) is 3.40. The number of hydrogen-bond acceptors (Lipinski definition) is 7. The fraction of sp³-hybridized carbons (Fsp3) is 0.118. The molecule has 0 aromatic heterocycles. The van der Waals surface area contributed by atoms with E-state index in [0.29, 0.717) is 11.3 Å². The molecular formula is C17H16N4O6. The Balaban J connectivity index is 2.16. The number of hydrogen-bond donors (Lipinski definition) is 2. The smallest absolute Gasteiger partial charge is 0.338 e. The Morgan fingerprint density at radius 1 is 1.26 bits per heavy atom. The third-order valence-electron chi connectivity index (χ3n) is 3.40. The van der Waals surface area contributed by atoms with E-state index in [0.717, 1.165) is 0 Å². The van der Waals surface area contributed by atoms with E-state index in [1.54, 1.807) is 24.3 Å². The second kappa shape index (κ2) is 8.94. The molecule has 0 heterocycles. The van der Waals surface area contributed by atoms with Crippen molar-refractivity contribution in [3.63, 3.8) is 0 Å². The van der Waals surface area contributed by atoms with Gasteiger partial charge in [0, 0.05) is 6.07 Å². The summed E-state index contributed by atoms with van der Waals surface area (Å²) in [5.74, 6) is -0.269. The topological polar surface area (TPSA) is 146 Å². The molecule has 0 spiro atoms. The van der Waals surface area contributed by atoms with Crippen LogP contribution in [0.4, 0.5) is 10.5 Å². The lowest BCUT2D eigenvalue weighted by Gasteiger charge is -2.10. The van der Waals surface area contributed by atoms with E-state index in [-0.39, 0.29) is 23.4 Å². The van der Waals surface area contributed by atoms with Gasteiger partial charge in [-0.05, 0) is 35.9 Å². The molecule has 0 saturated carbocycles. The fourth-order valence-corrected chi connectivity index (χ4v) is 2.17. The van der Waals surface area contributed by atoms with Gasteiger partial charge in [-0.1, -0.05) is 6.07 Å². The average molecular weight is 372 g/mol. The predicted molar refractivity (Wildman–Crippen MR) is 95.5 cm³/mol. The number of carbonyl (C=O) groups excluding carboxylic acids is 2. The van der Waals surface area contributed by atoms with Crippen LogP contribution in [0.15, 0.2) is 47.6 Å². The number of nitrogens with two attached hydrogens (primary N) is 1. The predicted octanol–water partition coefficient (Wildman–Crippen LogP) is 1.96. The molecule has 0 aliphatic rings. The number of nitro groups is 1. The van der Waals surface area contributed by atoms with Crippen LogP contribution in [0.2, 0.25) is 0 Å². The van der Waals surface area contributed by atoms with Crippen LogP contribution >= 0.6 is 0 Å². The van der Waals surface area contributed by atoms with E-state index in [1.165, 1.54) is 31.5 Å². The van der Waals surface area contributed by atoms with Gasteiger partial charge in [0.2, 0.25) is 0 Å². The largest absolute Gasteiger partial charge is 0.489 e. The second-order valence-corrected chi connectivity index (χ2v) is 5.14. The number of nitrogens with one attached hydrogen (secondary N) is 1. The van der Waals surface area contributed by atoms with Gasteiger partial charge in [-0.2, -0.15) is 5.10 Å².